The van der Waals surface area contributed by atoms with Crippen molar-refractivity contribution >= 4 is 57.6 Å². The normalized spacial score (nSPS) is 15.2. The van der Waals surface area contributed by atoms with Crippen LogP contribution < -0.4 is 5.32 Å². The van der Waals surface area contributed by atoms with Gasteiger partial charge >= 0.3 is 0 Å². The average Bonchev–Trinajstić information content (AvgIpc) is 3.03. The topological polar surface area (TPSA) is 75.2 Å². The molecular formula is C34H28Cl2F2N4O2. The summed E-state index contributed by atoms with van der Waals surface area (Å²) in [5.41, 5.74) is 6.50. The van der Waals surface area contributed by atoms with Gasteiger partial charge in [-0.25, -0.2) is 18.7 Å². The Morgan fingerprint density at radius 2 is 1.25 bits per heavy atom. The van der Waals surface area contributed by atoms with Crippen LogP contribution >= 0.6 is 23.2 Å². The number of carbonyl (C=O) groups is 2. The molecule has 2 aliphatic heterocycles. The smallest absolute Gasteiger partial charge is 0.227 e. The van der Waals surface area contributed by atoms with Crippen LogP contribution in [0.4, 0.5) is 8.78 Å². The molecule has 0 saturated heterocycles. The third-order valence-electron chi connectivity index (χ3n) is 7.35. The van der Waals surface area contributed by atoms with Crippen molar-refractivity contribution in [2.75, 3.05) is 6.54 Å². The molecule has 0 fully saturated rings. The van der Waals surface area contributed by atoms with Crippen molar-refractivity contribution in [3.8, 4) is 0 Å². The Morgan fingerprint density at radius 3 is 1.80 bits per heavy atom. The number of nitrogens with zero attached hydrogens (tertiary/aromatic N) is 3. The summed E-state index contributed by atoms with van der Waals surface area (Å²) in [4.78, 5) is 34.0. The molecule has 224 valence electrons. The first-order valence-corrected chi connectivity index (χ1v) is 14.8. The molecule has 0 unspecified atom stereocenters. The lowest BCUT2D eigenvalue weighted by Gasteiger charge is -2.32. The second-order valence-electron chi connectivity index (χ2n) is 10.1. The Hall–Kier alpha value is -4.40. The Bertz CT molecular complexity index is 1760. The Kier molecular flexibility index (Phi) is 9.82. The van der Waals surface area contributed by atoms with Gasteiger partial charge in [0.15, 0.2) is 0 Å². The number of halogens is 4. The quantitative estimate of drug-likeness (QED) is 0.226. The van der Waals surface area contributed by atoms with Crippen LogP contribution in [0.25, 0.3) is 22.5 Å². The van der Waals surface area contributed by atoms with Gasteiger partial charge in [-0.1, -0.05) is 35.3 Å². The molecule has 0 saturated carbocycles. The van der Waals surface area contributed by atoms with Crippen molar-refractivity contribution in [3.63, 3.8) is 0 Å². The Morgan fingerprint density at radius 1 is 0.727 bits per heavy atom. The zero-order chi connectivity index (χ0) is 31.2. The lowest BCUT2D eigenvalue weighted by Crippen LogP contribution is -2.33. The van der Waals surface area contributed by atoms with Crippen LogP contribution in [0.1, 0.15) is 54.9 Å². The van der Waals surface area contributed by atoms with Gasteiger partial charge in [-0.2, -0.15) is 0 Å². The third kappa shape index (κ3) is 6.87. The van der Waals surface area contributed by atoms with E-state index < -0.39 is 0 Å². The molecule has 2 aromatic heterocycles. The molecule has 0 aliphatic carbocycles. The molecule has 1 N–H and O–H groups in total. The van der Waals surface area contributed by atoms with Crippen LogP contribution in [0, 0.1) is 11.6 Å². The summed E-state index contributed by atoms with van der Waals surface area (Å²) in [6.45, 7) is 2.47. The summed E-state index contributed by atoms with van der Waals surface area (Å²) >= 11 is 12.4. The van der Waals surface area contributed by atoms with Gasteiger partial charge in [-0.05, 0) is 103 Å². The van der Waals surface area contributed by atoms with E-state index in [9.17, 15) is 18.4 Å². The summed E-state index contributed by atoms with van der Waals surface area (Å²) in [5, 5.41) is 3.66. The molecule has 0 radical (unpaired) electrons. The van der Waals surface area contributed by atoms with E-state index in [1.807, 2.05) is 25.1 Å². The molecule has 4 heterocycles. The van der Waals surface area contributed by atoms with E-state index in [1.54, 1.807) is 47.6 Å². The van der Waals surface area contributed by atoms with Gasteiger partial charge < -0.3 is 10.2 Å². The summed E-state index contributed by atoms with van der Waals surface area (Å²) in [7, 11) is 0. The van der Waals surface area contributed by atoms with Crippen molar-refractivity contribution < 1.29 is 18.4 Å². The molecule has 2 aromatic carbocycles. The maximum absolute atomic E-state index is 13.3. The number of allylic oxidation sites excluding steroid dienone is 2. The maximum Gasteiger partial charge on any atom is 0.227 e. The summed E-state index contributed by atoms with van der Waals surface area (Å²) < 4.78 is 26.3. The minimum atomic E-state index is -0.317. The number of rotatable bonds is 5. The highest BCUT2D eigenvalue weighted by atomic mass is 35.5. The largest absolute Gasteiger partial charge is 0.325 e. The van der Waals surface area contributed by atoms with Gasteiger partial charge in [-0.3, -0.25) is 9.59 Å². The maximum atomic E-state index is 13.3. The first-order chi connectivity index (χ1) is 21.3. The number of amides is 2. The zero-order valence-corrected chi connectivity index (χ0v) is 25.3. The highest BCUT2D eigenvalue weighted by molar-refractivity contribution is 6.32. The molecule has 0 spiro atoms. The second-order valence-corrected chi connectivity index (χ2v) is 10.8. The van der Waals surface area contributed by atoms with Crippen LogP contribution in [-0.2, 0) is 9.59 Å². The van der Waals surface area contributed by atoms with E-state index in [4.69, 9.17) is 23.2 Å². The van der Waals surface area contributed by atoms with Crippen molar-refractivity contribution in [2.24, 2.45) is 0 Å². The SMILES string of the molecule is CCN1C(=O)CCC(c2cccnc2Cl)=C1c1ccc(F)cc1.O=C1CCC(c2cccnc2Cl)=C(c2ccc(F)cc2)N1. The van der Waals surface area contributed by atoms with Crippen molar-refractivity contribution in [3.05, 3.63) is 129 Å². The third-order valence-corrected chi connectivity index (χ3v) is 7.95. The lowest BCUT2D eigenvalue weighted by molar-refractivity contribution is -0.128. The number of hydrogen-bond acceptors (Lipinski definition) is 4. The van der Waals surface area contributed by atoms with Gasteiger partial charge in [0.25, 0.3) is 0 Å². The van der Waals surface area contributed by atoms with E-state index in [1.165, 1.54) is 24.3 Å². The second kappa shape index (κ2) is 13.9. The molecule has 10 heteroatoms. The van der Waals surface area contributed by atoms with Crippen molar-refractivity contribution in [1.29, 1.82) is 0 Å². The molecule has 44 heavy (non-hydrogen) atoms. The van der Waals surface area contributed by atoms with Crippen molar-refractivity contribution in [1.82, 2.24) is 20.2 Å². The van der Waals surface area contributed by atoms with Crippen molar-refractivity contribution in [2.45, 2.75) is 32.6 Å². The van der Waals surface area contributed by atoms with Gasteiger partial charge in [0.1, 0.15) is 21.9 Å². The fourth-order valence-corrected chi connectivity index (χ4v) is 5.77. The number of hydrogen-bond donors (Lipinski definition) is 1. The first-order valence-electron chi connectivity index (χ1n) is 14.1. The number of carbonyl (C=O) groups excluding carboxylic acids is 2. The van der Waals surface area contributed by atoms with Gasteiger partial charge in [0.05, 0.1) is 11.4 Å². The Labute approximate surface area is 264 Å². The minimum Gasteiger partial charge on any atom is -0.325 e. The number of aromatic nitrogens is 2. The number of pyridine rings is 2. The standard InChI is InChI=1S/C18H16ClFN2O.C16H12ClFN2O/c1-2-22-16(23)10-9-14(15-4-3-11-21-18(15)19)17(22)12-5-7-13(20)8-6-12;17-16-13(2-1-9-19-16)12-7-8-14(21)20-15(12)10-3-5-11(18)6-4-10/h3-8,11H,2,9-10H2,1H3;1-6,9H,7-8H2,(H,20,21). The summed E-state index contributed by atoms with van der Waals surface area (Å²) in [5.74, 6) is -0.614. The zero-order valence-electron chi connectivity index (χ0n) is 23.8. The first kappa shape index (κ1) is 31.0. The highest BCUT2D eigenvalue weighted by Crippen LogP contribution is 2.39. The highest BCUT2D eigenvalue weighted by Gasteiger charge is 2.28. The molecular weight excluding hydrogens is 605 g/mol. The van der Waals surface area contributed by atoms with Crippen LogP contribution in [-0.4, -0.2) is 33.2 Å². The fraction of sp³-hybridized carbons (Fsp3) is 0.176. The monoisotopic (exact) mass is 632 g/mol. The predicted molar refractivity (Wildman–Crippen MR) is 169 cm³/mol. The van der Waals surface area contributed by atoms with E-state index in [0.717, 1.165) is 39.1 Å². The number of benzene rings is 2. The lowest BCUT2D eigenvalue weighted by atomic mass is 9.92. The van der Waals surface area contributed by atoms with Crippen LogP contribution in [0.5, 0.6) is 0 Å². The Balaban J connectivity index is 0.000000175. The molecule has 4 aromatic rings. The van der Waals surface area contributed by atoms with Gasteiger partial charge in [0, 0.05) is 42.9 Å². The van der Waals surface area contributed by atoms with Gasteiger partial charge in [0.2, 0.25) is 11.8 Å². The van der Waals surface area contributed by atoms with Crippen LogP contribution in [0.15, 0.2) is 85.2 Å². The summed E-state index contributed by atoms with van der Waals surface area (Å²) in [6, 6.07) is 19.6. The van der Waals surface area contributed by atoms with Crippen LogP contribution in [0.2, 0.25) is 10.3 Å². The van der Waals surface area contributed by atoms with Crippen LogP contribution in [0.3, 0.4) is 0 Å². The molecule has 0 atom stereocenters. The molecule has 2 aliphatic rings. The molecule has 6 nitrogen and oxygen atoms in total. The molecule has 2 amide bonds. The number of nitrogens with one attached hydrogen (secondary N) is 1. The molecule has 0 bridgehead atoms. The average molecular weight is 634 g/mol. The van der Waals surface area contributed by atoms with E-state index in [-0.39, 0.29) is 23.4 Å². The van der Waals surface area contributed by atoms with E-state index in [2.05, 4.69) is 15.3 Å². The van der Waals surface area contributed by atoms with Gasteiger partial charge in [-0.15, -0.1) is 0 Å². The molecule has 6 rings (SSSR count). The minimum absolute atomic E-state index is 0.0573. The summed E-state index contributed by atoms with van der Waals surface area (Å²) in [6.07, 6.45) is 5.24. The fourth-order valence-electron chi connectivity index (χ4n) is 5.30. The van der Waals surface area contributed by atoms with E-state index >= 15 is 0 Å². The predicted octanol–water partition coefficient (Wildman–Crippen LogP) is 8.04. The van der Waals surface area contributed by atoms with E-state index in [0.29, 0.717) is 48.2 Å².